The topological polar surface area (TPSA) is 57.7 Å². The molecule has 2 fully saturated rings. The van der Waals surface area contributed by atoms with Gasteiger partial charge in [0.05, 0.1) is 0 Å². The lowest BCUT2D eigenvalue weighted by molar-refractivity contribution is -0.112. The minimum Gasteiger partial charge on any atom is -0.303 e. The van der Waals surface area contributed by atoms with Gasteiger partial charge in [-0.3, -0.25) is 0 Å². The van der Waals surface area contributed by atoms with E-state index in [1.807, 2.05) is 0 Å². The zero-order valence-corrected chi connectivity index (χ0v) is 10.2. The molecule has 0 amide bonds. The van der Waals surface area contributed by atoms with Crippen LogP contribution >= 0.6 is 0 Å². The van der Waals surface area contributed by atoms with Gasteiger partial charge in [-0.05, 0) is 25.7 Å². The number of rotatable bonds is 3. The first-order chi connectivity index (χ1) is 7.64. The number of hydrogen-bond donors (Lipinski definition) is 0. The monoisotopic (exact) mass is 246 g/mol. The molecular formula is C10H18N2O3S. The minimum absolute atomic E-state index is 0.119. The van der Waals surface area contributed by atoms with E-state index < -0.39 is 10.2 Å². The van der Waals surface area contributed by atoms with Gasteiger partial charge in [-0.15, -0.1) is 0 Å². The van der Waals surface area contributed by atoms with E-state index in [4.69, 9.17) is 0 Å². The van der Waals surface area contributed by atoms with Crippen molar-refractivity contribution in [3.8, 4) is 0 Å². The third-order valence-electron chi connectivity index (χ3n) is 3.33. The Hall–Kier alpha value is -0.460. The first-order valence-corrected chi connectivity index (χ1v) is 7.25. The Balaban J connectivity index is 2.07. The fraction of sp³-hybridized carbons (Fsp3) is 0.900. The summed E-state index contributed by atoms with van der Waals surface area (Å²) in [4.78, 5) is 10.7. The molecule has 1 unspecified atom stereocenters. The lowest BCUT2D eigenvalue weighted by Gasteiger charge is -2.32. The number of carbonyl (C=O) groups excluding carboxylic acids is 1. The Kier molecular flexibility index (Phi) is 3.61. The van der Waals surface area contributed by atoms with Crippen molar-refractivity contribution in [3.05, 3.63) is 0 Å². The molecule has 0 N–H and O–H groups in total. The van der Waals surface area contributed by atoms with Crippen LogP contribution in [-0.2, 0) is 15.0 Å². The van der Waals surface area contributed by atoms with Gasteiger partial charge in [0.1, 0.15) is 6.29 Å². The molecule has 0 saturated carbocycles. The normalized spacial score (nSPS) is 29.4. The maximum Gasteiger partial charge on any atom is 0.281 e. The summed E-state index contributed by atoms with van der Waals surface area (Å²) >= 11 is 0. The SMILES string of the molecule is O=CC1CCCN(S(=O)(=O)N2CCCC2)C1. The van der Waals surface area contributed by atoms with Crippen molar-refractivity contribution in [2.24, 2.45) is 5.92 Å². The fourth-order valence-corrected chi connectivity index (χ4v) is 4.16. The van der Waals surface area contributed by atoms with E-state index in [-0.39, 0.29) is 5.92 Å². The zero-order chi connectivity index (χ0) is 11.6. The molecule has 0 spiro atoms. The van der Waals surface area contributed by atoms with Gasteiger partial charge in [-0.2, -0.15) is 17.0 Å². The highest BCUT2D eigenvalue weighted by atomic mass is 32.2. The quantitative estimate of drug-likeness (QED) is 0.670. The summed E-state index contributed by atoms with van der Waals surface area (Å²) in [5.74, 6) is -0.119. The highest BCUT2D eigenvalue weighted by molar-refractivity contribution is 7.86. The third kappa shape index (κ3) is 2.28. The van der Waals surface area contributed by atoms with Gasteiger partial charge in [-0.1, -0.05) is 0 Å². The van der Waals surface area contributed by atoms with E-state index in [1.165, 1.54) is 4.31 Å². The van der Waals surface area contributed by atoms with Gasteiger partial charge in [0.2, 0.25) is 0 Å². The lowest BCUT2D eigenvalue weighted by atomic mass is 10.0. The number of carbonyl (C=O) groups is 1. The number of piperidine rings is 1. The molecule has 0 radical (unpaired) electrons. The molecule has 2 rings (SSSR count). The van der Waals surface area contributed by atoms with Crippen LogP contribution in [0.1, 0.15) is 25.7 Å². The van der Waals surface area contributed by atoms with Crippen LogP contribution in [0.25, 0.3) is 0 Å². The first kappa shape index (κ1) is 12.0. The molecule has 0 aromatic carbocycles. The van der Waals surface area contributed by atoms with E-state index in [1.54, 1.807) is 4.31 Å². The van der Waals surface area contributed by atoms with Crippen LogP contribution in [0, 0.1) is 5.92 Å². The number of nitrogens with zero attached hydrogens (tertiary/aromatic N) is 2. The van der Waals surface area contributed by atoms with E-state index in [0.29, 0.717) is 26.2 Å². The van der Waals surface area contributed by atoms with Crippen molar-refractivity contribution >= 4 is 16.5 Å². The summed E-state index contributed by atoms with van der Waals surface area (Å²) in [7, 11) is -3.30. The summed E-state index contributed by atoms with van der Waals surface area (Å²) in [6, 6.07) is 0. The Bertz CT molecular complexity index is 349. The average Bonchev–Trinajstić information content (AvgIpc) is 2.83. The van der Waals surface area contributed by atoms with Crippen LogP contribution < -0.4 is 0 Å². The van der Waals surface area contributed by atoms with Crippen molar-refractivity contribution in [2.45, 2.75) is 25.7 Å². The second-order valence-corrected chi connectivity index (χ2v) is 6.44. The molecule has 0 aromatic heterocycles. The molecule has 5 nitrogen and oxygen atoms in total. The van der Waals surface area contributed by atoms with Crippen LogP contribution in [0.4, 0.5) is 0 Å². The molecule has 0 aromatic rings. The molecular weight excluding hydrogens is 228 g/mol. The van der Waals surface area contributed by atoms with E-state index in [0.717, 1.165) is 32.0 Å². The summed E-state index contributed by atoms with van der Waals surface area (Å²) in [5, 5.41) is 0. The van der Waals surface area contributed by atoms with Crippen molar-refractivity contribution in [2.75, 3.05) is 26.2 Å². The van der Waals surface area contributed by atoms with Gasteiger partial charge in [0.15, 0.2) is 0 Å². The summed E-state index contributed by atoms with van der Waals surface area (Å²) in [6.45, 7) is 2.18. The zero-order valence-electron chi connectivity index (χ0n) is 9.34. The molecule has 0 aliphatic carbocycles. The third-order valence-corrected chi connectivity index (χ3v) is 5.33. The van der Waals surface area contributed by atoms with Crippen molar-refractivity contribution in [3.63, 3.8) is 0 Å². The lowest BCUT2D eigenvalue weighted by Crippen LogP contribution is -2.47. The number of aldehydes is 1. The predicted molar refractivity (Wildman–Crippen MR) is 60.1 cm³/mol. The first-order valence-electron chi connectivity index (χ1n) is 5.85. The van der Waals surface area contributed by atoms with Gasteiger partial charge < -0.3 is 4.79 Å². The van der Waals surface area contributed by atoms with Gasteiger partial charge in [0, 0.05) is 32.1 Å². The molecule has 6 heteroatoms. The number of hydrogen-bond acceptors (Lipinski definition) is 3. The molecule has 16 heavy (non-hydrogen) atoms. The highest BCUT2D eigenvalue weighted by Gasteiger charge is 2.34. The average molecular weight is 246 g/mol. The van der Waals surface area contributed by atoms with Crippen LogP contribution in [0.15, 0.2) is 0 Å². The molecule has 92 valence electrons. The highest BCUT2D eigenvalue weighted by Crippen LogP contribution is 2.22. The Labute approximate surface area is 96.6 Å². The van der Waals surface area contributed by atoms with E-state index in [2.05, 4.69) is 0 Å². The van der Waals surface area contributed by atoms with Crippen LogP contribution in [-0.4, -0.2) is 49.5 Å². The second kappa shape index (κ2) is 4.81. The van der Waals surface area contributed by atoms with Gasteiger partial charge in [-0.25, -0.2) is 0 Å². The van der Waals surface area contributed by atoms with Gasteiger partial charge >= 0.3 is 0 Å². The van der Waals surface area contributed by atoms with Gasteiger partial charge in [0.25, 0.3) is 10.2 Å². The van der Waals surface area contributed by atoms with E-state index in [9.17, 15) is 13.2 Å². The van der Waals surface area contributed by atoms with Crippen LogP contribution in [0.3, 0.4) is 0 Å². The van der Waals surface area contributed by atoms with Crippen molar-refractivity contribution in [1.29, 1.82) is 0 Å². The molecule has 0 bridgehead atoms. The second-order valence-electron chi connectivity index (χ2n) is 4.51. The fourth-order valence-electron chi connectivity index (χ4n) is 2.38. The molecule has 2 aliphatic heterocycles. The summed E-state index contributed by atoms with van der Waals surface area (Å²) in [6.07, 6.45) is 4.38. The largest absolute Gasteiger partial charge is 0.303 e. The molecule has 2 heterocycles. The smallest absolute Gasteiger partial charge is 0.281 e. The molecule has 2 aliphatic rings. The molecule has 2 saturated heterocycles. The maximum atomic E-state index is 12.2. The maximum absolute atomic E-state index is 12.2. The van der Waals surface area contributed by atoms with E-state index >= 15 is 0 Å². The van der Waals surface area contributed by atoms with Crippen molar-refractivity contribution in [1.82, 2.24) is 8.61 Å². The molecule has 1 atom stereocenters. The Morgan fingerprint density at radius 1 is 1.00 bits per heavy atom. The minimum atomic E-state index is -3.30. The van der Waals surface area contributed by atoms with Crippen LogP contribution in [0.2, 0.25) is 0 Å². The van der Waals surface area contributed by atoms with Crippen molar-refractivity contribution < 1.29 is 13.2 Å². The summed E-state index contributed by atoms with van der Waals surface area (Å²) in [5.41, 5.74) is 0. The standard InChI is InChI=1S/C10H18N2O3S/c13-9-10-4-3-7-12(8-10)16(14,15)11-5-1-2-6-11/h9-10H,1-8H2. The Morgan fingerprint density at radius 2 is 1.62 bits per heavy atom. The summed E-state index contributed by atoms with van der Waals surface area (Å²) < 4.78 is 27.4. The Morgan fingerprint density at radius 3 is 2.25 bits per heavy atom. The van der Waals surface area contributed by atoms with Crippen LogP contribution in [0.5, 0.6) is 0 Å². The predicted octanol–water partition coefficient (Wildman–Crippen LogP) is 0.238.